The molecule has 0 saturated carbocycles. The smallest absolute Gasteiger partial charge is 0.216 e. The fourth-order valence-corrected chi connectivity index (χ4v) is 4.82. The number of benzene rings is 2. The van der Waals surface area contributed by atoms with Gasteiger partial charge in [-0.05, 0) is 48.2 Å². The number of rotatable bonds is 1. The first kappa shape index (κ1) is 11.2. The normalized spacial score (nSPS) is 19.7. The summed E-state index contributed by atoms with van der Waals surface area (Å²) >= 11 is 0. The highest BCUT2D eigenvalue weighted by atomic mass is 16.3. The highest BCUT2D eigenvalue weighted by Crippen LogP contribution is 2.52. The van der Waals surface area contributed by atoms with Gasteiger partial charge in [0.15, 0.2) is 6.20 Å². The van der Waals surface area contributed by atoms with Crippen LogP contribution in [0.2, 0.25) is 0 Å². The van der Waals surface area contributed by atoms with E-state index in [0.717, 1.165) is 22.2 Å². The minimum Gasteiger partial charge on any atom is -0.454 e. The Morgan fingerprint density at radius 2 is 1.74 bits per heavy atom. The lowest BCUT2D eigenvalue weighted by molar-refractivity contribution is -0.660. The van der Waals surface area contributed by atoms with E-state index in [2.05, 4.69) is 4.98 Å². The van der Waals surface area contributed by atoms with Gasteiger partial charge in [-0.1, -0.05) is 38.0 Å². The van der Waals surface area contributed by atoms with Crippen molar-refractivity contribution in [3.05, 3.63) is 83.3 Å². The zero-order valence-corrected chi connectivity index (χ0v) is 17.1. The molecule has 0 unspecified atom stereocenters. The number of fused-ring (bicyclic) bond motifs is 7. The van der Waals surface area contributed by atoms with Crippen LogP contribution in [0.1, 0.15) is 48.3 Å². The first-order valence-electron chi connectivity index (χ1n) is 14.5. The topological polar surface area (TPSA) is 29.9 Å². The fraction of sp³-hybridized carbons (Fsp3) is 0.214. The van der Waals surface area contributed by atoms with Gasteiger partial charge in [0, 0.05) is 58.1 Å². The standard InChI is InChI=1S/C28H25N2O/c1-16-6-11-23(30(5)15-16)24-17(2)7-8-18-19-9-10-21-25(27(19)31-26(18)24)20-12-13-29-14-22(20)28(21,3)4/h6-15H,1-5H3/q+1/i1D3,3D3,4D3. The molecule has 3 heterocycles. The minimum atomic E-state index is -2.90. The first-order chi connectivity index (χ1) is 18.6. The molecular weight excluding hydrogens is 380 g/mol. The summed E-state index contributed by atoms with van der Waals surface area (Å²) in [7, 11) is 1.77. The molecule has 3 aromatic heterocycles. The van der Waals surface area contributed by atoms with E-state index in [1.165, 1.54) is 12.4 Å². The maximum Gasteiger partial charge on any atom is 0.216 e. The Labute approximate surface area is 194 Å². The zero-order valence-electron chi connectivity index (χ0n) is 26.1. The molecule has 0 radical (unpaired) electrons. The number of hydrogen-bond acceptors (Lipinski definition) is 2. The Kier molecular flexibility index (Phi) is 2.19. The summed E-state index contributed by atoms with van der Waals surface area (Å²) in [6.07, 6.45) is 4.43. The maximum atomic E-state index is 8.44. The highest BCUT2D eigenvalue weighted by Gasteiger charge is 2.38. The lowest BCUT2D eigenvalue weighted by atomic mass is 9.83. The van der Waals surface area contributed by atoms with Gasteiger partial charge in [0.1, 0.15) is 18.2 Å². The third-order valence-corrected chi connectivity index (χ3v) is 6.31. The first-order valence-corrected chi connectivity index (χ1v) is 10.0. The van der Waals surface area contributed by atoms with Gasteiger partial charge in [-0.3, -0.25) is 4.98 Å². The van der Waals surface area contributed by atoms with Crippen molar-refractivity contribution in [2.24, 2.45) is 7.05 Å². The lowest BCUT2D eigenvalue weighted by Gasteiger charge is -2.20. The highest BCUT2D eigenvalue weighted by molar-refractivity contribution is 6.14. The molecule has 2 aromatic carbocycles. The Hall–Kier alpha value is -3.46. The molecule has 3 heteroatoms. The van der Waals surface area contributed by atoms with Crippen LogP contribution in [0.25, 0.3) is 44.3 Å². The van der Waals surface area contributed by atoms with E-state index < -0.39 is 26.0 Å². The van der Waals surface area contributed by atoms with Crippen LogP contribution in [0, 0.1) is 13.8 Å². The minimum absolute atomic E-state index is 0.126. The summed E-state index contributed by atoms with van der Waals surface area (Å²) < 4.78 is 82.2. The third-order valence-electron chi connectivity index (χ3n) is 6.31. The van der Waals surface area contributed by atoms with Crippen molar-refractivity contribution in [1.29, 1.82) is 0 Å². The Morgan fingerprint density at radius 3 is 2.52 bits per heavy atom. The van der Waals surface area contributed by atoms with Gasteiger partial charge in [0.05, 0.1) is 5.56 Å². The Morgan fingerprint density at radius 1 is 0.935 bits per heavy atom. The molecule has 6 rings (SSSR count). The van der Waals surface area contributed by atoms with Gasteiger partial charge in [0.25, 0.3) is 0 Å². The summed E-state index contributed by atoms with van der Waals surface area (Å²) in [4.78, 5) is 4.11. The third kappa shape index (κ3) is 2.35. The average Bonchev–Trinajstić information content (AvgIpc) is 3.37. The van der Waals surface area contributed by atoms with Gasteiger partial charge < -0.3 is 4.42 Å². The van der Waals surface area contributed by atoms with E-state index in [1.807, 2.05) is 19.1 Å². The predicted octanol–water partition coefficient (Wildman–Crippen LogP) is 6.40. The van der Waals surface area contributed by atoms with Crippen LogP contribution in [0.4, 0.5) is 0 Å². The molecule has 0 spiro atoms. The second-order valence-electron chi connectivity index (χ2n) is 8.19. The van der Waals surface area contributed by atoms with E-state index in [1.54, 1.807) is 48.1 Å². The van der Waals surface area contributed by atoms with E-state index in [0.29, 0.717) is 27.7 Å². The van der Waals surface area contributed by atoms with Crippen molar-refractivity contribution in [1.82, 2.24) is 4.98 Å². The second kappa shape index (κ2) is 6.04. The van der Waals surface area contributed by atoms with E-state index in [4.69, 9.17) is 16.8 Å². The van der Waals surface area contributed by atoms with E-state index >= 15 is 0 Å². The van der Waals surface area contributed by atoms with Gasteiger partial charge in [0.2, 0.25) is 5.69 Å². The number of aryl methyl sites for hydroxylation is 3. The maximum absolute atomic E-state index is 8.44. The van der Waals surface area contributed by atoms with Crippen molar-refractivity contribution < 1.29 is 21.3 Å². The molecule has 31 heavy (non-hydrogen) atoms. The second-order valence-corrected chi connectivity index (χ2v) is 8.19. The fourth-order valence-electron chi connectivity index (χ4n) is 4.82. The average molecular weight is 415 g/mol. The summed E-state index contributed by atoms with van der Waals surface area (Å²) in [5, 5.41) is 1.49. The van der Waals surface area contributed by atoms with Crippen LogP contribution in [0.5, 0.6) is 0 Å². The van der Waals surface area contributed by atoms with Crippen LogP contribution in [0.15, 0.2) is 65.5 Å². The summed E-state index contributed by atoms with van der Waals surface area (Å²) in [5.74, 6) is 0. The van der Waals surface area contributed by atoms with Crippen LogP contribution in [0.3, 0.4) is 0 Å². The predicted molar refractivity (Wildman–Crippen MR) is 125 cm³/mol. The molecule has 0 N–H and O–H groups in total. The molecule has 0 saturated heterocycles. The Balaban J connectivity index is 1.72. The van der Waals surface area contributed by atoms with Crippen molar-refractivity contribution in [2.45, 2.75) is 32.9 Å². The SMILES string of the molecule is [2H]C([2H])([2H])c1ccc(-c2c(C)ccc3c2oc2c4c(ccc23)C(C([2H])([2H])[2H])(C([2H])([2H])[2H])c2cnccc2-4)[n+](C)c1. The number of aromatic nitrogens is 2. The van der Waals surface area contributed by atoms with Crippen molar-refractivity contribution in [2.75, 3.05) is 0 Å². The van der Waals surface area contributed by atoms with Crippen molar-refractivity contribution in [3.63, 3.8) is 0 Å². The molecule has 0 aliphatic heterocycles. The number of hydrogen-bond donors (Lipinski definition) is 0. The summed E-state index contributed by atoms with van der Waals surface area (Å²) in [6, 6.07) is 12.1. The summed E-state index contributed by atoms with van der Waals surface area (Å²) in [6.45, 7) is -6.13. The number of pyridine rings is 2. The van der Waals surface area contributed by atoms with Crippen molar-refractivity contribution in [3.8, 4) is 22.4 Å². The molecule has 1 aliphatic rings. The Bertz CT molecular complexity index is 1830. The van der Waals surface area contributed by atoms with Crippen LogP contribution < -0.4 is 4.57 Å². The van der Waals surface area contributed by atoms with Crippen LogP contribution in [-0.2, 0) is 12.5 Å². The van der Waals surface area contributed by atoms with E-state index in [9.17, 15) is 0 Å². The van der Waals surface area contributed by atoms with E-state index in [-0.39, 0.29) is 16.7 Å². The molecular formula is C28H25N2O+. The molecule has 5 aromatic rings. The quantitative estimate of drug-likeness (QED) is 0.297. The molecule has 0 bridgehead atoms. The molecule has 0 amide bonds. The van der Waals surface area contributed by atoms with Gasteiger partial charge in [-0.25, -0.2) is 4.57 Å². The zero-order chi connectivity index (χ0) is 29.0. The number of nitrogens with zero attached hydrogens (tertiary/aromatic N) is 2. The molecule has 0 atom stereocenters. The van der Waals surface area contributed by atoms with Gasteiger partial charge in [-0.2, -0.15) is 0 Å². The molecule has 1 aliphatic carbocycles. The van der Waals surface area contributed by atoms with Gasteiger partial charge >= 0.3 is 0 Å². The largest absolute Gasteiger partial charge is 0.454 e. The molecule has 0 fully saturated rings. The van der Waals surface area contributed by atoms with Crippen LogP contribution in [-0.4, -0.2) is 4.98 Å². The monoisotopic (exact) mass is 414 g/mol. The van der Waals surface area contributed by atoms with Gasteiger partial charge in [-0.15, -0.1) is 0 Å². The van der Waals surface area contributed by atoms with Crippen molar-refractivity contribution >= 4 is 21.9 Å². The molecule has 3 nitrogen and oxygen atoms in total. The molecule has 152 valence electrons. The summed E-state index contributed by atoms with van der Waals surface area (Å²) in [5.41, 5.74) is 2.43. The number of furan rings is 1. The lowest BCUT2D eigenvalue weighted by Crippen LogP contribution is -2.31. The van der Waals surface area contributed by atoms with Crippen LogP contribution >= 0.6 is 0 Å².